The average molecular weight is 692 g/mol. The van der Waals surface area contributed by atoms with Gasteiger partial charge in [0.2, 0.25) is 15.6 Å². The Hall–Kier alpha value is -3.83. The van der Waals surface area contributed by atoms with E-state index in [1.165, 1.54) is 4.90 Å². The van der Waals surface area contributed by atoms with E-state index in [4.69, 9.17) is 43.4 Å². The molecule has 0 radical (unpaired) electrons. The summed E-state index contributed by atoms with van der Waals surface area (Å²) in [5.74, 6) is 1.50. The van der Waals surface area contributed by atoms with E-state index in [0.717, 1.165) is 23.5 Å². The highest BCUT2D eigenvalue weighted by atomic mass is 32.2. The molecule has 236 valence electrons. The first-order valence-electron chi connectivity index (χ1n) is 14.3. The van der Waals surface area contributed by atoms with E-state index in [2.05, 4.69) is 6.07 Å². The Morgan fingerprint density at radius 1 is 0.935 bits per heavy atom. The molecule has 0 saturated carbocycles. The van der Waals surface area contributed by atoms with Crippen LogP contribution in [0.1, 0.15) is 31.9 Å². The number of nitriles is 1. The van der Waals surface area contributed by atoms with Crippen molar-refractivity contribution >= 4 is 68.5 Å². The van der Waals surface area contributed by atoms with Crippen molar-refractivity contribution in [3.05, 3.63) is 84.4 Å². The van der Waals surface area contributed by atoms with Crippen LogP contribution < -0.4 is 18.9 Å². The fourth-order valence-corrected chi connectivity index (χ4v) is 9.02. The molecule has 0 aromatic heterocycles. The molecule has 2 saturated heterocycles. The molecule has 3 aliphatic heterocycles. The molecule has 3 aromatic carbocycles. The molecule has 0 N–H and O–H groups in total. The number of benzene rings is 3. The van der Waals surface area contributed by atoms with E-state index in [9.17, 15) is 14.9 Å². The maximum absolute atomic E-state index is 15.0. The zero-order valence-electron chi connectivity index (χ0n) is 25.1. The summed E-state index contributed by atoms with van der Waals surface area (Å²) in [5.41, 5.74) is -1.92. The predicted octanol–water partition coefficient (Wildman–Crippen LogP) is 6.34. The quantitative estimate of drug-likeness (QED) is 0.271. The number of amides is 2. The maximum atomic E-state index is 15.0. The molecule has 3 aromatic rings. The van der Waals surface area contributed by atoms with Crippen LogP contribution in [0.3, 0.4) is 0 Å². The van der Waals surface area contributed by atoms with Gasteiger partial charge >= 0.3 is 0 Å². The normalized spacial score (nSPS) is 26.3. The minimum atomic E-state index is -1.57. The molecule has 2 amide bonds. The lowest BCUT2D eigenvalue weighted by atomic mass is 9.79. The first-order valence-corrected chi connectivity index (χ1v) is 16.9. The highest BCUT2D eigenvalue weighted by Gasteiger charge is 2.71. The minimum absolute atomic E-state index is 0.00618. The van der Waals surface area contributed by atoms with E-state index < -0.39 is 21.9 Å². The number of piperazine rings is 1. The van der Waals surface area contributed by atoms with E-state index >= 15 is 0 Å². The molecule has 0 aliphatic carbocycles. The maximum Gasteiger partial charge on any atom is 0.260 e. The number of likely N-dealkylation sites (N-methyl/N-ethyl adjacent to an activating group) is 1. The van der Waals surface area contributed by atoms with Gasteiger partial charge in [0.15, 0.2) is 16.4 Å². The van der Waals surface area contributed by atoms with Gasteiger partial charge in [0.1, 0.15) is 17.0 Å². The van der Waals surface area contributed by atoms with E-state index in [-0.39, 0.29) is 39.5 Å². The Labute approximate surface area is 286 Å². The van der Waals surface area contributed by atoms with Gasteiger partial charge in [-0.1, -0.05) is 54.2 Å². The first kappa shape index (κ1) is 32.1. The number of hydrogen-bond acceptors (Lipinski definition) is 11. The number of thiocarbonyl (C=S) groups is 2. The summed E-state index contributed by atoms with van der Waals surface area (Å²) >= 11 is 13.3. The van der Waals surface area contributed by atoms with Crippen molar-refractivity contribution in [1.29, 1.82) is 5.26 Å². The molecule has 0 bridgehead atoms. The van der Waals surface area contributed by atoms with Gasteiger partial charge in [-0.05, 0) is 92.0 Å². The highest BCUT2D eigenvalue weighted by Crippen LogP contribution is 2.62. The Kier molecular flexibility index (Phi) is 8.67. The Morgan fingerprint density at radius 2 is 1.54 bits per heavy atom. The number of carbonyl (C=O) groups excluding carboxylic acids is 2. The van der Waals surface area contributed by atoms with Gasteiger partial charge < -0.3 is 28.7 Å². The van der Waals surface area contributed by atoms with Crippen LogP contribution >= 0.6 is 48.0 Å². The van der Waals surface area contributed by atoms with Gasteiger partial charge in [-0.15, -0.1) is 0 Å². The fraction of sp³-hybridized carbons (Fsp3) is 0.303. The van der Waals surface area contributed by atoms with Crippen molar-refractivity contribution in [1.82, 2.24) is 9.80 Å². The van der Waals surface area contributed by atoms with Crippen molar-refractivity contribution < 1.29 is 28.5 Å². The second-order valence-corrected chi connectivity index (χ2v) is 15.0. The van der Waals surface area contributed by atoms with Crippen LogP contribution in [0.15, 0.2) is 78.9 Å². The molecule has 1 unspecified atom stereocenters. The van der Waals surface area contributed by atoms with Crippen LogP contribution in [-0.2, 0) is 9.59 Å². The highest BCUT2D eigenvalue weighted by molar-refractivity contribution is 8.24. The second kappa shape index (κ2) is 12.4. The Morgan fingerprint density at radius 3 is 2.17 bits per heavy atom. The number of rotatable bonds is 6. The molecule has 9 nitrogen and oxygen atoms in total. The zero-order valence-corrected chi connectivity index (χ0v) is 28.4. The molecule has 13 heteroatoms. The summed E-state index contributed by atoms with van der Waals surface area (Å²) < 4.78 is 23.2. The van der Waals surface area contributed by atoms with Crippen molar-refractivity contribution in [3.8, 4) is 29.1 Å². The van der Waals surface area contributed by atoms with Gasteiger partial charge in [0.25, 0.3) is 11.8 Å². The number of fused-ring (bicyclic) bond motifs is 2. The molecule has 3 aliphatic rings. The van der Waals surface area contributed by atoms with Crippen LogP contribution in [0.2, 0.25) is 0 Å². The number of thioether (sulfide) groups is 2. The SMILES string of the molecule is CN1C(=O)[C@@]2(SC(=S)Oc3ccccc3)C[C@](C)(C#N)C(c3ccc4c(c3)OCO4)N2C(=O)[C@]1(C)CSC(=S)Oc1ccccc1. The van der Waals surface area contributed by atoms with Crippen molar-refractivity contribution in [2.45, 2.75) is 36.7 Å². The average Bonchev–Trinajstić information content (AvgIpc) is 3.63. The number of carbonyl (C=O) groups is 2. The van der Waals surface area contributed by atoms with Gasteiger partial charge in [0, 0.05) is 19.2 Å². The van der Waals surface area contributed by atoms with E-state index in [0.29, 0.717) is 28.6 Å². The molecular weight excluding hydrogens is 663 g/mol. The predicted molar refractivity (Wildman–Crippen MR) is 184 cm³/mol. The van der Waals surface area contributed by atoms with Crippen LogP contribution in [0.4, 0.5) is 0 Å². The smallest absolute Gasteiger partial charge is 0.260 e. The van der Waals surface area contributed by atoms with Crippen LogP contribution in [0.5, 0.6) is 23.0 Å². The summed E-state index contributed by atoms with van der Waals surface area (Å²) in [6.07, 6.45) is 0.00618. The number of para-hydroxylation sites is 2. The number of ether oxygens (including phenoxy) is 4. The molecule has 2 fully saturated rings. The Bertz CT molecular complexity index is 1750. The summed E-state index contributed by atoms with van der Waals surface area (Å²) in [5, 5.41) is 10.7. The monoisotopic (exact) mass is 691 g/mol. The van der Waals surface area contributed by atoms with Crippen molar-refractivity contribution in [3.63, 3.8) is 0 Å². The zero-order chi connectivity index (χ0) is 32.7. The van der Waals surface area contributed by atoms with Crippen LogP contribution in [0.25, 0.3) is 0 Å². The third-order valence-electron chi connectivity index (χ3n) is 8.50. The third kappa shape index (κ3) is 5.57. The molecule has 0 spiro atoms. The van der Waals surface area contributed by atoms with E-state index in [1.807, 2.05) is 36.4 Å². The van der Waals surface area contributed by atoms with Gasteiger partial charge in [-0.3, -0.25) is 9.59 Å². The summed E-state index contributed by atoms with van der Waals surface area (Å²) in [7, 11) is 1.60. The summed E-state index contributed by atoms with van der Waals surface area (Å²) in [4.78, 5) is 31.2. The molecular formula is C33H29N3O6S4. The second-order valence-electron chi connectivity index (χ2n) is 11.5. The Balaban J connectivity index is 1.39. The first-order chi connectivity index (χ1) is 22.0. The molecule has 6 rings (SSSR count). The van der Waals surface area contributed by atoms with Gasteiger partial charge in [-0.2, -0.15) is 5.26 Å². The summed E-state index contributed by atoms with van der Waals surface area (Å²) in [6.45, 7) is 3.53. The van der Waals surface area contributed by atoms with Crippen molar-refractivity contribution in [2.24, 2.45) is 5.41 Å². The number of hydrogen-bond donors (Lipinski definition) is 0. The van der Waals surface area contributed by atoms with Crippen LogP contribution in [0, 0.1) is 16.7 Å². The lowest BCUT2D eigenvalue weighted by molar-refractivity contribution is -0.168. The fourth-order valence-electron chi connectivity index (χ4n) is 6.07. The van der Waals surface area contributed by atoms with Gasteiger partial charge in [-0.25, -0.2) is 0 Å². The van der Waals surface area contributed by atoms with Crippen LogP contribution in [-0.4, -0.2) is 60.4 Å². The number of nitrogens with zero attached hydrogens (tertiary/aromatic N) is 3. The van der Waals surface area contributed by atoms with Crippen molar-refractivity contribution in [2.75, 3.05) is 19.6 Å². The van der Waals surface area contributed by atoms with E-state index in [1.54, 1.807) is 68.3 Å². The third-order valence-corrected chi connectivity index (χ3v) is 11.4. The van der Waals surface area contributed by atoms with Gasteiger partial charge in [0.05, 0.1) is 17.5 Å². The lowest BCUT2D eigenvalue weighted by Crippen LogP contribution is -2.73. The molecule has 4 atom stereocenters. The topological polar surface area (TPSA) is 101 Å². The largest absolute Gasteiger partial charge is 0.454 e. The summed E-state index contributed by atoms with van der Waals surface area (Å²) in [6, 6.07) is 25.0. The molecule has 3 heterocycles. The standard InChI is InChI=1S/C33H29N3O6S4/c1-31(18-34)17-33(46-30(44)42-23-12-8-5-9-13-23)28(38)35(3)32(2,19-45-29(43)41-22-10-6-4-7-11-22)27(37)36(33)26(31)21-14-15-24-25(16-21)40-20-39-24/h4-16,26H,17,19-20H2,1-3H3/t26?,31-,32+,33+/m1/s1. The lowest BCUT2D eigenvalue weighted by Gasteiger charge is -2.53. The molecule has 46 heavy (non-hydrogen) atoms. The minimum Gasteiger partial charge on any atom is -0.454 e.